The molecule has 24 heavy (non-hydrogen) atoms. The molecule has 1 amide bonds. The van der Waals surface area contributed by atoms with Gasteiger partial charge in [-0.1, -0.05) is 25.3 Å². The van der Waals surface area contributed by atoms with Gasteiger partial charge in [-0.15, -0.1) is 11.3 Å². The molecular formula is C18H18BrN3OS. The fourth-order valence-corrected chi connectivity index (χ4v) is 4.36. The van der Waals surface area contributed by atoms with Crippen LogP contribution in [0.3, 0.4) is 0 Å². The molecule has 1 saturated carbocycles. The predicted molar refractivity (Wildman–Crippen MR) is 101 cm³/mol. The number of thiophene rings is 1. The lowest BCUT2D eigenvalue weighted by Crippen LogP contribution is -2.25. The summed E-state index contributed by atoms with van der Waals surface area (Å²) < 4.78 is 2.91. The number of rotatable bonds is 3. The highest BCUT2D eigenvalue weighted by molar-refractivity contribution is 9.10. The van der Waals surface area contributed by atoms with Crippen molar-refractivity contribution in [3.63, 3.8) is 0 Å². The maximum Gasteiger partial charge on any atom is 0.228 e. The van der Waals surface area contributed by atoms with E-state index in [0.717, 1.165) is 52.2 Å². The third kappa shape index (κ3) is 3.00. The summed E-state index contributed by atoms with van der Waals surface area (Å²) in [6.07, 6.45) is 7.47. The predicted octanol–water partition coefficient (Wildman–Crippen LogP) is 5.34. The van der Waals surface area contributed by atoms with Gasteiger partial charge in [0.05, 0.1) is 4.88 Å². The Bertz CT molecular complexity index is 866. The van der Waals surface area contributed by atoms with Crippen molar-refractivity contribution < 1.29 is 4.79 Å². The molecule has 1 aliphatic carbocycles. The standard InChI is InChI=1S/C18H18BrN3OS/c19-13-8-9-15-20-16(14-7-4-10-24-14)17(22(15)11-13)21-18(23)12-5-2-1-3-6-12/h4,7-12H,1-3,5-6H2,(H,21,23). The molecule has 3 aromatic rings. The number of fused-ring (bicyclic) bond motifs is 1. The first kappa shape index (κ1) is 15.8. The third-order valence-electron chi connectivity index (χ3n) is 4.55. The van der Waals surface area contributed by atoms with E-state index < -0.39 is 0 Å². The Kier molecular flexibility index (Phi) is 4.41. The summed E-state index contributed by atoms with van der Waals surface area (Å²) in [6.45, 7) is 0. The van der Waals surface area contributed by atoms with Crippen LogP contribution in [0.25, 0.3) is 16.2 Å². The molecule has 3 aromatic heterocycles. The summed E-state index contributed by atoms with van der Waals surface area (Å²) >= 11 is 5.14. The van der Waals surface area contributed by atoms with Crippen molar-refractivity contribution in [2.45, 2.75) is 32.1 Å². The highest BCUT2D eigenvalue weighted by Crippen LogP contribution is 2.34. The van der Waals surface area contributed by atoms with Crippen molar-refractivity contribution in [3.05, 3.63) is 40.3 Å². The van der Waals surface area contributed by atoms with Crippen molar-refractivity contribution in [2.24, 2.45) is 5.92 Å². The lowest BCUT2D eigenvalue weighted by molar-refractivity contribution is -0.120. The zero-order valence-electron chi connectivity index (χ0n) is 13.2. The first-order valence-electron chi connectivity index (χ1n) is 8.25. The summed E-state index contributed by atoms with van der Waals surface area (Å²) in [6, 6.07) is 7.97. The van der Waals surface area contributed by atoms with Crippen molar-refractivity contribution >= 4 is 44.6 Å². The van der Waals surface area contributed by atoms with Gasteiger partial charge in [0.15, 0.2) is 0 Å². The van der Waals surface area contributed by atoms with Gasteiger partial charge < -0.3 is 5.32 Å². The largest absolute Gasteiger partial charge is 0.310 e. The molecule has 0 aliphatic heterocycles. The normalized spacial score (nSPS) is 15.7. The minimum atomic E-state index is 0.118. The smallest absolute Gasteiger partial charge is 0.228 e. The Morgan fingerprint density at radius 1 is 1.25 bits per heavy atom. The molecule has 0 saturated heterocycles. The van der Waals surface area contributed by atoms with Crippen molar-refractivity contribution in [1.82, 2.24) is 9.38 Å². The Labute approximate surface area is 153 Å². The van der Waals surface area contributed by atoms with Crippen molar-refractivity contribution in [3.8, 4) is 10.6 Å². The SMILES string of the molecule is O=C(Nc1c(-c2cccs2)nc2ccc(Br)cn12)C1CCCCC1. The zero-order valence-corrected chi connectivity index (χ0v) is 15.6. The lowest BCUT2D eigenvalue weighted by atomic mass is 9.89. The summed E-state index contributed by atoms with van der Waals surface area (Å²) in [5, 5.41) is 5.20. The number of anilines is 1. The van der Waals surface area contributed by atoms with E-state index in [1.165, 1.54) is 6.42 Å². The first-order chi connectivity index (χ1) is 11.7. The molecule has 0 spiro atoms. The zero-order chi connectivity index (χ0) is 16.5. The maximum absolute atomic E-state index is 12.8. The van der Waals surface area contributed by atoms with E-state index in [1.807, 2.05) is 40.2 Å². The van der Waals surface area contributed by atoms with Gasteiger partial charge in [0.25, 0.3) is 0 Å². The number of nitrogens with one attached hydrogen (secondary N) is 1. The van der Waals surface area contributed by atoms with E-state index in [-0.39, 0.29) is 11.8 Å². The molecule has 4 nitrogen and oxygen atoms in total. The van der Waals surface area contributed by atoms with Crippen LogP contribution in [0.15, 0.2) is 40.3 Å². The Balaban J connectivity index is 1.75. The van der Waals surface area contributed by atoms with Gasteiger partial charge >= 0.3 is 0 Å². The van der Waals surface area contributed by atoms with Gasteiger partial charge in [0, 0.05) is 16.6 Å². The van der Waals surface area contributed by atoms with E-state index >= 15 is 0 Å². The number of hydrogen-bond donors (Lipinski definition) is 1. The average molecular weight is 404 g/mol. The number of pyridine rings is 1. The number of carbonyl (C=O) groups excluding carboxylic acids is 1. The molecular weight excluding hydrogens is 386 g/mol. The van der Waals surface area contributed by atoms with Crippen LogP contribution >= 0.6 is 27.3 Å². The molecule has 124 valence electrons. The van der Waals surface area contributed by atoms with Gasteiger partial charge in [-0.25, -0.2) is 4.98 Å². The molecule has 0 radical (unpaired) electrons. The second-order valence-electron chi connectivity index (χ2n) is 6.19. The van der Waals surface area contributed by atoms with E-state index in [9.17, 15) is 4.79 Å². The van der Waals surface area contributed by atoms with Gasteiger partial charge in [-0.05, 0) is 52.4 Å². The van der Waals surface area contributed by atoms with E-state index in [0.29, 0.717) is 0 Å². The van der Waals surface area contributed by atoms with Crippen LogP contribution in [0.4, 0.5) is 5.82 Å². The van der Waals surface area contributed by atoms with Gasteiger partial charge in [-0.3, -0.25) is 9.20 Å². The number of halogens is 1. The molecule has 3 heterocycles. The fraction of sp³-hybridized carbons (Fsp3) is 0.333. The van der Waals surface area contributed by atoms with Gasteiger partial charge in [-0.2, -0.15) is 0 Å². The number of aromatic nitrogens is 2. The number of nitrogens with zero attached hydrogens (tertiary/aromatic N) is 2. The summed E-state index contributed by atoms with van der Waals surface area (Å²) in [5.74, 6) is 1.01. The maximum atomic E-state index is 12.8. The topological polar surface area (TPSA) is 46.4 Å². The summed E-state index contributed by atoms with van der Waals surface area (Å²) in [7, 11) is 0. The van der Waals surface area contributed by atoms with Crippen LogP contribution in [0, 0.1) is 5.92 Å². The highest BCUT2D eigenvalue weighted by atomic mass is 79.9. The molecule has 4 rings (SSSR count). The second kappa shape index (κ2) is 6.69. The minimum absolute atomic E-state index is 0.118. The van der Waals surface area contributed by atoms with Crippen molar-refractivity contribution in [1.29, 1.82) is 0 Å². The lowest BCUT2D eigenvalue weighted by Gasteiger charge is -2.20. The first-order valence-corrected chi connectivity index (χ1v) is 9.92. The summed E-state index contributed by atoms with van der Waals surface area (Å²) in [5.41, 5.74) is 1.67. The monoisotopic (exact) mass is 403 g/mol. The van der Waals surface area contributed by atoms with Gasteiger partial charge in [0.1, 0.15) is 17.2 Å². The van der Waals surface area contributed by atoms with E-state index in [4.69, 9.17) is 4.98 Å². The Morgan fingerprint density at radius 2 is 2.08 bits per heavy atom. The number of imidazole rings is 1. The van der Waals surface area contributed by atoms with E-state index in [2.05, 4.69) is 21.2 Å². The molecule has 0 unspecified atom stereocenters. The third-order valence-corrected chi connectivity index (χ3v) is 5.90. The van der Waals surface area contributed by atoms with Crippen LogP contribution in [0.2, 0.25) is 0 Å². The molecule has 0 bridgehead atoms. The van der Waals surface area contributed by atoms with E-state index in [1.54, 1.807) is 11.3 Å². The highest BCUT2D eigenvalue weighted by Gasteiger charge is 2.24. The van der Waals surface area contributed by atoms with Gasteiger partial charge in [0.2, 0.25) is 5.91 Å². The average Bonchev–Trinajstić information content (AvgIpc) is 3.24. The number of amides is 1. The minimum Gasteiger partial charge on any atom is -0.310 e. The Morgan fingerprint density at radius 3 is 2.83 bits per heavy atom. The number of carbonyl (C=O) groups is 1. The molecule has 1 N–H and O–H groups in total. The molecule has 0 atom stereocenters. The molecule has 6 heteroatoms. The van der Waals surface area contributed by atoms with Crippen LogP contribution < -0.4 is 5.32 Å². The number of hydrogen-bond acceptors (Lipinski definition) is 3. The molecule has 1 fully saturated rings. The van der Waals surface area contributed by atoms with Crippen LogP contribution in [-0.4, -0.2) is 15.3 Å². The van der Waals surface area contributed by atoms with Crippen LogP contribution in [0.5, 0.6) is 0 Å². The molecule has 0 aromatic carbocycles. The second-order valence-corrected chi connectivity index (χ2v) is 8.05. The van der Waals surface area contributed by atoms with Crippen LogP contribution in [-0.2, 0) is 4.79 Å². The van der Waals surface area contributed by atoms with Crippen LogP contribution in [0.1, 0.15) is 32.1 Å². The summed E-state index contributed by atoms with van der Waals surface area (Å²) in [4.78, 5) is 18.6. The fourth-order valence-electron chi connectivity index (χ4n) is 3.31. The molecule has 1 aliphatic rings. The quantitative estimate of drug-likeness (QED) is 0.640. The van der Waals surface area contributed by atoms with Crippen molar-refractivity contribution in [2.75, 3.05) is 5.32 Å². The Hall–Kier alpha value is -1.66.